The van der Waals surface area contributed by atoms with Gasteiger partial charge in [0.15, 0.2) is 5.82 Å². The number of nitrogens with zero attached hydrogens (tertiary/aromatic N) is 4. The van der Waals surface area contributed by atoms with Gasteiger partial charge in [-0.3, -0.25) is 4.79 Å². The third-order valence-electron chi connectivity index (χ3n) is 3.32. The largest absolute Gasteiger partial charge is 0.443 e. The molecule has 0 N–H and O–H groups in total. The van der Waals surface area contributed by atoms with E-state index in [1.807, 2.05) is 19.1 Å². The maximum absolute atomic E-state index is 12.4. The number of imide groups is 1. The molecule has 7 heteroatoms. The van der Waals surface area contributed by atoms with E-state index in [2.05, 4.69) is 10.1 Å². The molecule has 0 bridgehead atoms. The molecule has 7 nitrogen and oxygen atoms in total. The van der Waals surface area contributed by atoms with Crippen LogP contribution in [0.15, 0.2) is 24.5 Å². The quantitative estimate of drug-likeness (QED) is 0.808. The number of carbonyl (C=O) groups is 2. The van der Waals surface area contributed by atoms with Crippen molar-refractivity contribution in [3.63, 3.8) is 0 Å². The average Bonchev–Trinajstić information content (AvgIpc) is 2.98. The first-order chi connectivity index (χ1) is 10.7. The Morgan fingerprint density at radius 3 is 2.61 bits per heavy atom. The summed E-state index contributed by atoms with van der Waals surface area (Å²) in [5.74, 6) is 0.231. The Kier molecular flexibility index (Phi) is 3.43. The van der Waals surface area contributed by atoms with E-state index in [9.17, 15) is 9.59 Å². The molecule has 0 unspecified atom stereocenters. The Labute approximate surface area is 133 Å². The standard InChI is InChI=1S/C16H18N4O3/c1-10-5-6-13(17-7-10)20-8-11-12(18-20)9-19(14(11)21)15(22)23-16(2,3)4/h5-8H,9H2,1-4H3. The molecule has 23 heavy (non-hydrogen) atoms. The highest BCUT2D eigenvalue weighted by Crippen LogP contribution is 2.24. The number of hydrogen-bond acceptors (Lipinski definition) is 5. The smallest absolute Gasteiger partial charge is 0.417 e. The third kappa shape index (κ3) is 2.94. The lowest BCUT2D eigenvalue weighted by Gasteiger charge is -2.23. The Bertz CT molecular complexity index is 772. The van der Waals surface area contributed by atoms with Crippen molar-refractivity contribution < 1.29 is 14.3 Å². The Hall–Kier alpha value is -2.70. The van der Waals surface area contributed by atoms with Crippen molar-refractivity contribution >= 4 is 12.0 Å². The molecular weight excluding hydrogens is 296 g/mol. The molecule has 0 aliphatic carbocycles. The molecule has 2 aromatic rings. The molecule has 1 aliphatic rings. The third-order valence-corrected chi connectivity index (χ3v) is 3.32. The number of pyridine rings is 1. The number of aryl methyl sites for hydroxylation is 1. The number of hydrogen-bond donors (Lipinski definition) is 0. The maximum Gasteiger partial charge on any atom is 0.417 e. The predicted octanol–water partition coefficient (Wildman–Crippen LogP) is 2.47. The van der Waals surface area contributed by atoms with Crippen molar-refractivity contribution in [2.45, 2.75) is 39.8 Å². The van der Waals surface area contributed by atoms with Crippen LogP contribution in [0.1, 0.15) is 42.4 Å². The zero-order chi connectivity index (χ0) is 16.8. The number of carbonyl (C=O) groups excluding carboxylic acids is 2. The van der Waals surface area contributed by atoms with Gasteiger partial charge in [-0.2, -0.15) is 5.10 Å². The van der Waals surface area contributed by atoms with E-state index >= 15 is 0 Å². The first kappa shape index (κ1) is 15.2. The fourth-order valence-electron chi connectivity index (χ4n) is 2.25. The van der Waals surface area contributed by atoms with E-state index in [0.717, 1.165) is 10.5 Å². The number of amides is 2. The van der Waals surface area contributed by atoms with Gasteiger partial charge < -0.3 is 4.74 Å². The molecule has 3 heterocycles. The lowest BCUT2D eigenvalue weighted by atomic mass is 10.2. The van der Waals surface area contributed by atoms with E-state index in [1.54, 1.807) is 37.8 Å². The van der Waals surface area contributed by atoms with Crippen LogP contribution in [0.5, 0.6) is 0 Å². The van der Waals surface area contributed by atoms with Gasteiger partial charge in [-0.1, -0.05) is 6.07 Å². The first-order valence-electron chi connectivity index (χ1n) is 7.31. The lowest BCUT2D eigenvalue weighted by Crippen LogP contribution is -2.37. The van der Waals surface area contributed by atoms with Crippen LogP contribution in [0.2, 0.25) is 0 Å². The van der Waals surface area contributed by atoms with Gasteiger partial charge in [-0.15, -0.1) is 0 Å². The summed E-state index contributed by atoms with van der Waals surface area (Å²) in [6, 6.07) is 3.75. The topological polar surface area (TPSA) is 77.3 Å². The highest BCUT2D eigenvalue weighted by atomic mass is 16.6. The first-order valence-corrected chi connectivity index (χ1v) is 7.31. The predicted molar refractivity (Wildman–Crippen MR) is 82.2 cm³/mol. The molecule has 1 aliphatic heterocycles. The van der Waals surface area contributed by atoms with Crippen molar-refractivity contribution in [3.8, 4) is 5.82 Å². The van der Waals surface area contributed by atoms with Crippen LogP contribution in [0.25, 0.3) is 5.82 Å². The minimum atomic E-state index is -0.652. The summed E-state index contributed by atoms with van der Waals surface area (Å²) in [5.41, 5.74) is 1.34. The Morgan fingerprint density at radius 1 is 1.30 bits per heavy atom. The van der Waals surface area contributed by atoms with Crippen LogP contribution in [-0.2, 0) is 11.3 Å². The van der Waals surface area contributed by atoms with Gasteiger partial charge in [-0.05, 0) is 39.3 Å². The molecule has 0 saturated heterocycles. The summed E-state index contributed by atoms with van der Waals surface area (Å²) >= 11 is 0. The van der Waals surface area contributed by atoms with Gasteiger partial charge in [0.1, 0.15) is 5.60 Å². The minimum Gasteiger partial charge on any atom is -0.443 e. The van der Waals surface area contributed by atoms with E-state index in [-0.39, 0.29) is 6.54 Å². The second-order valence-corrected chi connectivity index (χ2v) is 6.50. The van der Waals surface area contributed by atoms with Gasteiger partial charge >= 0.3 is 6.09 Å². The van der Waals surface area contributed by atoms with Gasteiger partial charge in [0.25, 0.3) is 5.91 Å². The highest BCUT2D eigenvalue weighted by molar-refractivity contribution is 6.06. The zero-order valence-corrected chi connectivity index (χ0v) is 13.5. The van der Waals surface area contributed by atoms with Gasteiger partial charge in [0.05, 0.1) is 17.8 Å². The molecule has 120 valence electrons. The summed E-state index contributed by atoms with van der Waals surface area (Å²) in [7, 11) is 0. The van der Waals surface area contributed by atoms with E-state index in [1.165, 1.54) is 0 Å². The van der Waals surface area contributed by atoms with Gasteiger partial charge in [-0.25, -0.2) is 19.4 Å². The summed E-state index contributed by atoms with van der Waals surface area (Å²) < 4.78 is 6.79. The lowest BCUT2D eigenvalue weighted by molar-refractivity contribution is 0.0246. The zero-order valence-electron chi connectivity index (χ0n) is 13.5. The minimum absolute atomic E-state index is 0.113. The summed E-state index contributed by atoms with van der Waals surface area (Å²) in [4.78, 5) is 29.8. The summed E-state index contributed by atoms with van der Waals surface area (Å²) in [6.45, 7) is 7.33. The normalized spacial score (nSPS) is 14.1. The molecule has 0 atom stereocenters. The van der Waals surface area contributed by atoms with E-state index in [4.69, 9.17) is 4.74 Å². The van der Waals surface area contributed by atoms with Crippen LogP contribution < -0.4 is 0 Å². The van der Waals surface area contributed by atoms with Crippen molar-refractivity contribution in [1.29, 1.82) is 0 Å². The van der Waals surface area contributed by atoms with Crippen molar-refractivity contribution in [2.75, 3.05) is 0 Å². The van der Waals surface area contributed by atoms with Crippen LogP contribution in [0.3, 0.4) is 0 Å². The average molecular weight is 314 g/mol. The van der Waals surface area contributed by atoms with Crippen LogP contribution >= 0.6 is 0 Å². The molecule has 2 amide bonds. The SMILES string of the molecule is Cc1ccc(-n2cc3c(n2)CN(C(=O)OC(C)(C)C)C3=O)nc1. The van der Waals surface area contributed by atoms with Crippen molar-refractivity contribution in [2.24, 2.45) is 0 Å². The monoisotopic (exact) mass is 314 g/mol. The number of fused-ring (bicyclic) bond motifs is 1. The number of rotatable bonds is 1. The van der Waals surface area contributed by atoms with Crippen molar-refractivity contribution in [3.05, 3.63) is 41.3 Å². The van der Waals surface area contributed by atoms with E-state index < -0.39 is 17.6 Å². The fourth-order valence-corrected chi connectivity index (χ4v) is 2.25. The number of ether oxygens (including phenoxy) is 1. The Morgan fingerprint density at radius 2 is 2.04 bits per heavy atom. The molecule has 2 aromatic heterocycles. The molecule has 3 rings (SSSR count). The molecule has 0 aromatic carbocycles. The van der Waals surface area contributed by atoms with Gasteiger partial charge in [0, 0.05) is 12.4 Å². The molecule has 0 radical (unpaired) electrons. The van der Waals surface area contributed by atoms with Crippen LogP contribution in [0.4, 0.5) is 4.79 Å². The van der Waals surface area contributed by atoms with Gasteiger partial charge in [0.2, 0.25) is 0 Å². The maximum atomic E-state index is 12.4. The van der Waals surface area contributed by atoms with Crippen LogP contribution in [-0.4, -0.2) is 37.3 Å². The Balaban J connectivity index is 1.82. The second-order valence-electron chi connectivity index (χ2n) is 6.50. The fraction of sp³-hybridized carbons (Fsp3) is 0.375. The molecule has 0 spiro atoms. The number of aromatic nitrogens is 3. The summed E-state index contributed by atoms with van der Waals surface area (Å²) in [6.07, 6.45) is 2.68. The second kappa shape index (κ2) is 5.19. The molecule has 0 saturated carbocycles. The van der Waals surface area contributed by atoms with Crippen molar-refractivity contribution in [1.82, 2.24) is 19.7 Å². The molecular formula is C16H18N4O3. The molecule has 0 fully saturated rings. The summed E-state index contributed by atoms with van der Waals surface area (Å²) in [5, 5.41) is 4.35. The van der Waals surface area contributed by atoms with Crippen LogP contribution in [0, 0.1) is 6.92 Å². The van der Waals surface area contributed by atoms with E-state index in [0.29, 0.717) is 17.1 Å². The highest BCUT2D eigenvalue weighted by Gasteiger charge is 2.37.